The molecule has 0 radical (unpaired) electrons. The molecule has 0 unspecified atom stereocenters. The molecule has 96 valence electrons. The highest BCUT2D eigenvalue weighted by Crippen LogP contribution is 2.42. The highest BCUT2D eigenvalue weighted by Gasteiger charge is 2.12. The third-order valence-electron chi connectivity index (χ3n) is 3.79. The molecular formula is C18H10Br2. The van der Waals surface area contributed by atoms with Crippen molar-refractivity contribution in [3.63, 3.8) is 0 Å². The molecule has 20 heavy (non-hydrogen) atoms. The maximum absolute atomic E-state index is 3.74. The Morgan fingerprint density at radius 2 is 1.10 bits per heavy atom. The maximum Gasteiger partial charge on any atom is 0.0402 e. The van der Waals surface area contributed by atoms with Crippen LogP contribution in [0.4, 0.5) is 0 Å². The summed E-state index contributed by atoms with van der Waals surface area (Å²) in [7, 11) is 0. The van der Waals surface area contributed by atoms with E-state index in [9.17, 15) is 0 Å². The minimum atomic E-state index is 1.12. The van der Waals surface area contributed by atoms with Crippen LogP contribution in [-0.2, 0) is 0 Å². The zero-order valence-corrected chi connectivity index (χ0v) is 13.7. The number of rotatable bonds is 0. The summed E-state index contributed by atoms with van der Waals surface area (Å²) in [5.74, 6) is 0. The normalized spacial score (nSPS) is 11.5. The van der Waals surface area contributed by atoms with Crippen LogP contribution in [-0.4, -0.2) is 0 Å². The molecule has 4 aromatic carbocycles. The molecule has 4 rings (SSSR count). The lowest BCUT2D eigenvalue weighted by atomic mass is 9.96. The van der Waals surface area contributed by atoms with Crippen LogP contribution in [0.15, 0.2) is 69.6 Å². The molecule has 0 heterocycles. The van der Waals surface area contributed by atoms with Crippen LogP contribution in [0.2, 0.25) is 0 Å². The van der Waals surface area contributed by atoms with E-state index >= 15 is 0 Å². The SMILES string of the molecule is Brc1c(Br)c2ccc3ccccc3c2c2ccccc12. The summed E-state index contributed by atoms with van der Waals surface area (Å²) >= 11 is 7.46. The average molecular weight is 386 g/mol. The van der Waals surface area contributed by atoms with Crippen LogP contribution in [0.5, 0.6) is 0 Å². The molecule has 0 amide bonds. The monoisotopic (exact) mass is 384 g/mol. The van der Waals surface area contributed by atoms with Crippen LogP contribution in [0.3, 0.4) is 0 Å². The molecule has 0 atom stereocenters. The molecule has 0 N–H and O–H groups in total. The predicted molar refractivity (Wildman–Crippen MR) is 94.4 cm³/mol. The fraction of sp³-hybridized carbons (Fsp3) is 0. The number of halogens is 2. The Balaban J connectivity index is 2.42. The second kappa shape index (κ2) is 4.57. The molecule has 4 aromatic rings. The lowest BCUT2D eigenvalue weighted by Gasteiger charge is -2.12. The molecule has 0 aliphatic heterocycles. The molecule has 0 saturated carbocycles. The molecule has 0 spiro atoms. The smallest absolute Gasteiger partial charge is 0.0402 e. The van der Waals surface area contributed by atoms with Crippen molar-refractivity contribution < 1.29 is 0 Å². The first-order valence-corrected chi connectivity index (χ1v) is 8.03. The third-order valence-corrected chi connectivity index (χ3v) is 5.97. The standard InChI is InChI=1S/C18H10Br2/c19-17-14-8-4-3-7-13(14)16-12-6-2-1-5-11(12)9-10-15(16)18(17)20/h1-10H. The van der Waals surface area contributed by atoms with Crippen LogP contribution in [0, 0.1) is 0 Å². The van der Waals surface area contributed by atoms with Crippen LogP contribution >= 0.6 is 31.9 Å². The van der Waals surface area contributed by atoms with Gasteiger partial charge in [0, 0.05) is 8.95 Å². The van der Waals surface area contributed by atoms with Gasteiger partial charge in [0.2, 0.25) is 0 Å². The van der Waals surface area contributed by atoms with Gasteiger partial charge in [0.05, 0.1) is 0 Å². The molecule has 0 fully saturated rings. The quantitative estimate of drug-likeness (QED) is 0.296. The zero-order chi connectivity index (χ0) is 13.7. The van der Waals surface area contributed by atoms with Gasteiger partial charge in [-0.15, -0.1) is 0 Å². The molecule has 0 bridgehead atoms. The Kier molecular flexibility index (Phi) is 2.83. The predicted octanol–water partition coefficient (Wildman–Crippen LogP) is 6.67. The summed E-state index contributed by atoms with van der Waals surface area (Å²) in [6, 6.07) is 21.5. The summed E-state index contributed by atoms with van der Waals surface area (Å²) in [6.07, 6.45) is 0. The van der Waals surface area contributed by atoms with Gasteiger partial charge in [0.15, 0.2) is 0 Å². The minimum absolute atomic E-state index is 1.12. The van der Waals surface area contributed by atoms with Crippen molar-refractivity contribution in [2.75, 3.05) is 0 Å². The second-order valence-electron chi connectivity index (χ2n) is 4.88. The summed E-state index contributed by atoms with van der Waals surface area (Å²) in [5, 5.41) is 7.66. The van der Waals surface area contributed by atoms with Crippen LogP contribution < -0.4 is 0 Å². The van der Waals surface area contributed by atoms with Gasteiger partial charge in [0.25, 0.3) is 0 Å². The van der Waals surface area contributed by atoms with Crippen molar-refractivity contribution in [3.8, 4) is 0 Å². The second-order valence-corrected chi connectivity index (χ2v) is 6.47. The molecule has 0 aliphatic rings. The fourth-order valence-electron chi connectivity index (χ4n) is 2.87. The van der Waals surface area contributed by atoms with Crippen molar-refractivity contribution >= 4 is 64.2 Å². The first kappa shape index (κ1) is 12.4. The van der Waals surface area contributed by atoms with Crippen LogP contribution in [0.1, 0.15) is 0 Å². The largest absolute Gasteiger partial charge is 0.0616 e. The average Bonchev–Trinajstić information content (AvgIpc) is 2.51. The van der Waals surface area contributed by atoms with Crippen LogP contribution in [0.25, 0.3) is 32.3 Å². The minimum Gasteiger partial charge on any atom is -0.0616 e. The molecule has 2 heteroatoms. The van der Waals surface area contributed by atoms with E-state index in [1.165, 1.54) is 32.3 Å². The fourth-order valence-corrected chi connectivity index (χ4v) is 3.98. The highest BCUT2D eigenvalue weighted by molar-refractivity contribution is 9.13. The molecular weight excluding hydrogens is 376 g/mol. The van der Waals surface area contributed by atoms with Gasteiger partial charge < -0.3 is 0 Å². The summed E-state index contributed by atoms with van der Waals surface area (Å²) in [5.41, 5.74) is 0. The van der Waals surface area contributed by atoms with Gasteiger partial charge in [-0.3, -0.25) is 0 Å². The number of fused-ring (bicyclic) bond motifs is 5. The maximum atomic E-state index is 3.74. The highest BCUT2D eigenvalue weighted by atomic mass is 79.9. The van der Waals surface area contributed by atoms with E-state index in [0.717, 1.165) is 8.95 Å². The topological polar surface area (TPSA) is 0 Å². The van der Waals surface area contributed by atoms with Crippen molar-refractivity contribution in [2.24, 2.45) is 0 Å². The number of hydrogen-bond acceptors (Lipinski definition) is 0. The van der Waals surface area contributed by atoms with E-state index in [-0.39, 0.29) is 0 Å². The van der Waals surface area contributed by atoms with E-state index in [0.29, 0.717) is 0 Å². The Hall–Kier alpha value is -1.38. The third kappa shape index (κ3) is 1.65. The Morgan fingerprint density at radius 3 is 1.90 bits per heavy atom. The van der Waals surface area contributed by atoms with Gasteiger partial charge in [-0.1, -0.05) is 60.7 Å². The van der Waals surface area contributed by atoms with Crippen molar-refractivity contribution in [1.29, 1.82) is 0 Å². The molecule has 0 saturated heterocycles. The van der Waals surface area contributed by atoms with E-state index in [4.69, 9.17) is 0 Å². The zero-order valence-electron chi connectivity index (χ0n) is 10.5. The van der Waals surface area contributed by atoms with Crippen molar-refractivity contribution in [2.45, 2.75) is 0 Å². The lowest BCUT2D eigenvalue weighted by molar-refractivity contribution is 1.71. The van der Waals surface area contributed by atoms with E-state index < -0.39 is 0 Å². The van der Waals surface area contributed by atoms with Crippen molar-refractivity contribution in [3.05, 3.63) is 69.6 Å². The molecule has 0 aliphatic carbocycles. The molecule has 0 aromatic heterocycles. The Labute approximate surface area is 133 Å². The van der Waals surface area contributed by atoms with Gasteiger partial charge in [-0.25, -0.2) is 0 Å². The molecule has 0 nitrogen and oxygen atoms in total. The van der Waals surface area contributed by atoms with Gasteiger partial charge >= 0.3 is 0 Å². The van der Waals surface area contributed by atoms with Gasteiger partial charge in [-0.2, -0.15) is 0 Å². The van der Waals surface area contributed by atoms with E-state index in [2.05, 4.69) is 92.5 Å². The number of hydrogen-bond donors (Lipinski definition) is 0. The first-order chi connectivity index (χ1) is 9.77. The van der Waals surface area contributed by atoms with E-state index in [1.807, 2.05) is 0 Å². The Bertz CT molecular complexity index is 971. The summed E-state index contributed by atoms with van der Waals surface area (Å²) < 4.78 is 2.24. The van der Waals surface area contributed by atoms with Gasteiger partial charge in [0.1, 0.15) is 0 Å². The van der Waals surface area contributed by atoms with Gasteiger partial charge in [-0.05, 0) is 64.2 Å². The lowest BCUT2D eigenvalue weighted by Crippen LogP contribution is -1.84. The Morgan fingerprint density at radius 1 is 0.500 bits per heavy atom. The number of benzene rings is 4. The summed E-state index contributed by atoms with van der Waals surface area (Å²) in [6.45, 7) is 0. The summed E-state index contributed by atoms with van der Waals surface area (Å²) in [4.78, 5) is 0. The first-order valence-electron chi connectivity index (χ1n) is 6.44. The van der Waals surface area contributed by atoms with Crippen molar-refractivity contribution in [1.82, 2.24) is 0 Å². The van der Waals surface area contributed by atoms with E-state index in [1.54, 1.807) is 0 Å².